The van der Waals surface area contributed by atoms with Gasteiger partial charge in [-0.25, -0.2) is 4.98 Å². The molecule has 0 amide bonds. The summed E-state index contributed by atoms with van der Waals surface area (Å²) < 4.78 is 3.16. The third-order valence-corrected chi connectivity index (χ3v) is 5.08. The first-order valence-electron chi connectivity index (χ1n) is 6.35. The first-order chi connectivity index (χ1) is 10.1. The minimum Gasteiger partial charge on any atom is -0.321 e. The summed E-state index contributed by atoms with van der Waals surface area (Å²) in [6.07, 6.45) is 0. The van der Waals surface area contributed by atoms with Crippen molar-refractivity contribution in [2.45, 2.75) is 18.8 Å². The minimum atomic E-state index is -0.189. The summed E-state index contributed by atoms with van der Waals surface area (Å²) in [7, 11) is 0. The molecule has 106 valence electrons. The Morgan fingerprint density at radius 2 is 2.29 bits per heavy atom. The lowest BCUT2D eigenvalue weighted by molar-refractivity contribution is 0.750. The molecule has 0 aliphatic carbocycles. The average molecular weight is 381 g/mol. The number of fused-ring (bicyclic) bond motifs is 1. The molecule has 1 atom stereocenters. The summed E-state index contributed by atoms with van der Waals surface area (Å²) >= 11 is 11.4. The van der Waals surface area contributed by atoms with Gasteiger partial charge in [0.05, 0.1) is 34.6 Å². The zero-order valence-electron chi connectivity index (χ0n) is 11.2. The Labute approximate surface area is 139 Å². The van der Waals surface area contributed by atoms with Gasteiger partial charge < -0.3 is 4.57 Å². The molecule has 0 saturated heterocycles. The van der Waals surface area contributed by atoms with Crippen LogP contribution in [-0.4, -0.2) is 9.55 Å². The monoisotopic (exact) mass is 379 g/mol. The Hall–Kier alpha value is -1.35. The molecule has 0 spiro atoms. The van der Waals surface area contributed by atoms with Crippen molar-refractivity contribution >= 4 is 49.9 Å². The van der Waals surface area contributed by atoms with Gasteiger partial charge in [-0.2, -0.15) is 5.26 Å². The zero-order chi connectivity index (χ0) is 15.0. The van der Waals surface area contributed by atoms with Gasteiger partial charge in [-0.05, 0) is 47.1 Å². The Morgan fingerprint density at radius 1 is 1.48 bits per heavy atom. The average Bonchev–Trinajstić information content (AvgIpc) is 3.03. The van der Waals surface area contributed by atoms with Gasteiger partial charge in [-0.15, -0.1) is 22.9 Å². The molecule has 1 unspecified atom stereocenters. The zero-order valence-corrected chi connectivity index (χ0v) is 14.3. The van der Waals surface area contributed by atoms with Crippen LogP contribution in [0.25, 0.3) is 11.0 Å². The molecule has 0 aliphatic rings. The molecule has 3 nitrogen and oxygen atoms in total. The van der Waals surface area contributed by atoms with Crippen LogP contribution in [0, 0.1) is 11.3 Å². The van der Waals surface area contributed by atoms with Crippen LogP contribution < -0.4 is 0 Å². The van der Waals surface area contributed by atoms with Crippen molar-refractivity contribution in [3.05, 3.63) is 50.4 Å². The first kappa shape index (κ1) is 14.6. The second-order valence-corrected chi connectivity index (χ2v) is 7.28. The summed E-state index contributed by atoms with van der Waals surface area (Å²) in [5, 5.41) is 11.0. The second kappa shape index (κ2) is 5.80. The number of nitrogens with zero attached hydrogens (tertiary/aromatic N) is 3. The number of aromatic nitrogens is 2. The maximum Gasteiger partial charge on any atom is 0.128 e. The molecule has 21 heavy (non-hydrogen) atoms. The highest BCUT2D eigenvalue weighted by atomic mass is 79.9. The van der Waals surface area contributed by atoms with E-state index in [1.807, 2.05) is 19.1 Å². The Morgan fingerprint density at radius 3 is 2.90 bits per heavy atom. The predicted octanol–water partition coefficient (Wildman–Crippen LogP) is 5.08. The van der Waals surface area contributed by atoms with Crippen LogP contribution in [-0.2, 0) is 6.54 Å². The topological polar surface area (TPSA) is 41.6 Å². The molecule has 3 rings (SSSR count). The van der Waals surface area contributed by atoms with E-state index in [2.05, 4.69) is 43.0 Å². The predicted molar refractivity (Wildman–Crippen MR) is 89.8 cm³/mol. The maximum atomic E-state index is 9.09. The SMILES string of the molecule is CC(Cl)c1nc2ccc(C#N)cc2n1Cc1cc(Br)cs1. The largest absolute Gasteiger partial charge is 0.321 e. The third kappa shape index (κ3) is 2.84. The molecule has 3 aromatic rings. The lowest BCUT2D eigenvalue weighted by Gasteiger charge is -2.09. The number of hydrogen-bond acceptors (Lipinski definition) is 3. The number of benzene rings is 1. The summed E-state index contributed by atoms with van der Waals surface area (Å²) in [5.74, 6) is 0.825. The number of rotatable bonds is 3. The highest BCUT2D eigenvalue weighted by Crippen LogP contribution is 2.28. The van der Waals surface area contributed by atoms with Gasteiger partial charge in [-0.1, -0.05) is 0 Å². The van der Waals surface area contributed by atoms with E-state index in [0.717, 1.165) is 21.3 Å². The quantitative estimate of drug-likeness (QED) is 0.595. The van der Waals surface area contributed by atoms with Crippen LogP contribution in [0.15, 0.2) is 34.1 Å². The third-order valence-electron chi connectivity index (χ3n) is 3.20. The van der Waals surface area contributed by atoms with Gasteiger partial charge in [0.2, 0.25) is 0 Å². The van der Waals surface area contributed by atoms with Crippen molar-refractivity contribution in [2.75, 3.05) is 0 Å². The maximum absolute atomic E-state index is 9.09. The minimum absolute atomic E-state index is 0.189. The van der Waals surface area contributed by atoms with Gasteiger partial charge in [0.1, 0.15) is 5.82 Å². The van der Waals surface area contributed by atoms with Crippen molar-refractivity contribution in [2.24, 2.45) is 0 Å². The van der Waals surface area contributed by atoms with E-state index in [1.54, 1.807) is 17.4 Å². The lowest BCUT2D eigenvalue weighted by Crippen LogP contribution is -2.04. The van der Waals surface area contributed by atoms with Crippen molar-refractivity contribution in [1.82, 2.24) is 9.55 Å². The van der Waals surface area contributed by atoms with E-state index in [-0.39, 0.29) is 5.38 Å². The van der Waals surface area contributed by atoms with Crippen LogP contribution in [0.1, 0.15) is 28.6 Å². The molecule has 2 aromatic heterocycles. The van der Waals surface area contributed by atoms with Crippen molar-refractivity contribution in [1.29, 1.82) is 5.26 Å². The highest BCUT2D eigenvalue weighted by Gasteiger charge is 2.16. The number of alkyl halides is 1. The van der Waals surface area contributed by atoms with E-state index in [0.29, 0.717) is 12.1 Å². The Balaban J connectivity index is 2.17. The van der Waals surface area contributed by atoms with Crippen LogP contribution in [0.3, 0.4) is 0 Å². The molecule has 0 radical (unpaired) electrons. The second-order valence-electron chi connectivity index (χ2n) is 4.72. The number of halogens is 2. The van der Waals surface area contributed by atoms with Gasteiger partial charge in [0, 0.05) is 14.7 Å². The number of hydrogen-bond donors (Lipinski definition) is 0. The highest BCUT2D eigenvalue weighted by molar-refractivity contribution is 9.10. The molecule has 0 N–H and O–H groups in total. The standard InChI is InChI=1S/C15H11BrClN3S/c1-9(17)15-19-13-3-2-10(6-18)4-14(13)20(15)7-12-5-11(16)8-21-12/h2-5,8-9H,7H2,1H3. The fourth-order valence-corrected chi connectivity index (χ4v) is 3.88. The molecule has 6 heteroatoms. The Kier molecular flexibility index (Phi) is 4.03. The van der Waals surface area contributed by atoms with E-state index < -0.39 is 0 Å². The van der Waals surface area contributed by atoms with Crippen LogP contribution in [0.5, 0.6) is 0 Å². The first-order valence-corrected chi connectivity index (χ1v) is 8.46. The smallest absolute Gasteiger partial charge is 0.128 e. The van der Waals surface area contributed by atoms with Gasteiger partial charge >= 0.3 is 0 Å². The van der Waals surface area contributed by atoms with Gasteiger partial charge in [-0.3, -0.25) is 0 Å². The summed E-state index contributed by atoms with van der Waals surface area (Å²) in [6, 6.07) is 9.79. The molecule has 0 saturated carbocycles. The molecule has 0 fully saturated rings. The number of imidazole rings is 1. The van der Waals surface area contributed by atoms with E-state index in [4.69, 9.17) is 16.9 Å². The molecule has 2 heterocycles. The number of thiophene rings is 1. The van der Waals surface area contributed by atoms with E-state index in [1.165, 1.54) is 4.88 Å². The van der Waals surface area contributed by atoms with Crippen molar-refractivity contribution in [3.63, 3.8) is 0 Å². The number of nitriles is 1. The molecule has 1 aromatic carbocycles. The van der Waals surface area contributed by atoms with Crippen molar-refractivity contribution in [3.8, 4) is 6.07 Å². The fraction of sp³-hybridized carbons (Fsp3) is 0.200. The van der Waals surface area contributed by atoms with Crippen molar-refractivity contribution < 1.29 is 0 Å². The summed E-state index contributed by atoms with van der Waals surface area (Å²) in [4.78, 5) is 5.82. The molecular formula is C15H11BrClN3S. The normalized spacial score (nSPS) is 12.5. The van der Waals surface area contributed by atoms with E-state index in [9.17, 15) is 0 Å². The lowest BCUT2D eigenvalue weighted by atomic mass is 10.2. The van der Waals surface area contributed by atoms with Crippen LogP contribution in [0.2, 0.25) is 0 Å². The summed E-state index contributed by atoms with van der Waals surface area (Å²) in [6.45, 7) is 2.61. The fourth-order valence-electron chi connectivity index (χ4n) is 2.27. The Bertz CT molecular complexity index is 844. The van der Waals surface area contributed by atoms with Gasteiger partial charge in [0.25, 0.3) is 0 Å². The summed E-state index contributed by atoms with van der Waals surface area (Å²) in [5.41, 5.74) is 2.44. The molecular weight excluding hydrogens is 370 g/mol. The molecule has 0 aliphatic heterocycles. The van der Waals surface area contributed by atoms with Crippen LogP contribution >= 0.6 is 38.9 Å². The van der Waals surface area contributed by atoms with Gasteiger partial charge in [0.15, 0.2) is 0 Å². The van der Waals surface area contributed by atoms with Crippen LogP contribution in [0.4, 0.5) is 0 Å². The van der Waals surface area contributed by atoms with E-state index >= 15 is 0 Å². The molecule has 0 bridgehead atoms.